The smallest absolute Gasteiger partial charge is 0.399 e. The summed E-state index contributed by atoms with van der Waals surface area (Å²) in [5, 5.41) is 67.4. The number of aromatic hydroxyl groups is 2. The maximum atomic E-state index is 14.6. The molecule has 9 N–H and O–H groups in total. The first-order valence-electron chi connectivity index (χ1n) is 28.8. The van der Waals surface area contributed by atoms with Crippen LogP contribution in [0.1, 0.15) is 148 Å². The van der Waals surface area contributed by atoms with Crippen molar-refractivity contribution in [1.82, 2.24) is 31.2 Å². The molecule has 2 aliphatic carbocycles. The first kappa shape index (κ1) is 65.5. The van der Waals surface area contributed by atoms with Crippen molar-refractivity contribution in [3.63, 3.8) is 0 Å². The lowest BCUT2D eigenvalue weighted by Crippen LogP contribution is -2.57. The van der Waals surface area contributed by atoms with Gasteiger partial charge in [0.2, 0.25) is 35.2 Å². The Labute approximate surface area is 504 Å². The van der Waals surface area contributed by atoms with Gasteiger partial charge in [0.1, 0.15) is 41.6 Å². The lowest BCUT2D eigenvalue weighted by atomic mass is 9.70. The van der Waals surface area contributed by atoms with Gasteiger partial charge in [0.05, 0.1) is 61.7 Å². The number of benzene rings is 3. The number of amides is 7. The van der Waals surface area contributed by atoms with Crippen molar-refractivity contribution in [3.05, 3.63) is 87.5 Å². The van der Waals surface area contributed by atoms with Crippen LogP contribution in [-0.4, -0.2) is 175 Å². The molecule has 3 aliphatic heterocycles. The summed E-state index contributed by atoms with van der Waals surface area (Å²) >= 11 is 0. The predicted octanol–water partition coefficient (Wildman–Crippen LogP) is 0.669. The number of fused-ring (bicyclic) bond motifs is 3. The molecule has 7 amide bonds. The van der Waals surface area contributed by atoms with Crippen molar-refractivity contribution in [2.24, 2.45) is 16.7 Å². The zero-order chi connectivity index (χ0) is 64.7. The summed E-state index contributed by atoms with van der Waals surface area (Å²) in [6.07, 6.45) is -7.72. The number of Topliss-reactive ketones (excluding diaryl/α,β-unsaturated/α-hetero) is 2. The zero-order valence-corrected chi connectivity index (χ0v) is 49.8. The maximum Gasteiger partial charge on any atom is 0.399 e. The van der Waals surface area contributed by atoms with Crippen LogP contribution < -0.4 is 26.0 Å². The van der Waals surface area contributed by atoms with E-state index in [1.165, 1.54) is 57.9 Å². The van der Waals surface area contributed by atoms with E-state index in [-0.39, 0.29) is 84.1 Å². The van der Waals surface area contributed by atoms with Crippen LogP contribution in [-0.2, 0) is 74.2 Å². The lowest BCUT2D eigenvalue weighted by Gasteiger charge is -2.43. The number of nitrogens with one attached hydrogen (secondary N) is 4. The van der Waals surface area contributed by atoms with Crippen molar-refractivity contribution in [3.8, 4) is 17.2 Å². The molecule has 0 bridgehead atoms. The van der Waals surface area contributed by atoms with Gasteiger partial charge < -0.3 is 70.7 Å². The Kier molecular flexibility index (Phi) is 18.8. The van der Waals surface area contributed by atoms with Crippen LogP contribution in [0.25, 0.3) is 0 Å². The number of carbonyl (C=O) groups excluding carboxylic acids is 12. The van der Waals surface area contributed by atoms with Gasteiger partial charge in [0.15, 0.2) is 23.4 Å². The van der Waals surface area contributed by atoms with Crippen molar-refractivity contribution in [2.75, 3.05) is 33.4 Å². The Hall–Kier alpha value is -8.50. The molecule has 27 heteroatoms. The van der Waals surface area contributed by atoms with Crippen LogP contribution >= 0.6 is 0 Å². The quantitative estimate of drug-likeness (QED) is 0.0213. The summed E-state index contributed by atoms with van der Waals surface area (Å²) in [5.74, 6) is -12.6. The number of aliphatic hydroxyl groups is 3. The third-order valence-electron chi connectivity index (χ3n) is 17.1. The summed E-state index contributed by atoms with van der Waals surface area (Å²) in [4.78, 5) is 168. The van der Waals surface area contributed by atoms with Crippen molar-refractivity contribution in [2.45, 2.75) is 148 Å². The molecule has 472 valence electrons. The van der Waals surface area contributed by atoms with E-state index in [9.17, 15) is 83.1 Å². The molecule has 88 heavy (non-hydrogen) atoms. The molecule has 0 spiro atoms. The number of carbonyl (C=O) groups is 12. The van der Waals surface area contributed by atoms with Crippen LogP contribution in [0, 0.1) is 16.7 Å². The normalized spacial score (nSPS) is 24.0. The minimum Gasteiger partial charge on any atom is -0.507 e. The number of methoxy groups -OCH3 is 1. The monoisotopic (exact) mass is 1220 g/mol. The van der Waals surface area contributed by atoms with Crippen molar-refractivity contribution >= 4 is 70.5 Å². The number of imide groups is 1. The maximum absolute atomic E-state index is 14.6. The number of hydrogen-bond donors (Lipinski definition) is 9. The largest absolute Gasteiger partial charge is 0.507 e. The molecular weight excluding hydrogens is 1150 g/mol. The molecule has 3 aromatic rings. The highest BCUT2D eigenvalue weighted by atomic mass is 16.7. The standard InChI is InChI=1S/C61H72N6O21/c1-9-59(7,27-58(5,6)53(79)55(81)88-67-40(71)18-19-41(67)72)56(82)63-25-42(73)66-28-61(66,31-14-11-10-12-15-31)57(83)65-35(20-29(2)3)54(80)62-24-39(70)64-34-21-43(86-30(4)48(34)74)87-37-23-60(84,38(69)26-68)22-33-45(37)52(78)47-46(50(33)76)49(75)32-16-13-17-36(85-8)44(32)51(47)77/h10-17,29-30,34-35,37,43,48,68,74,76,78,84H,9,18-28H2,1-8H3,(H,62,80)(H,63,82)(H,64,70)(H,65,83). The molecule has 9 unspecified atom stereocenters. The van der Waals surface area contributed by atoms with Crippen LogP contribution in [0.3, 0.4) is 0 Å². The third kappa shape index (κ3) is 12.5. The minimum atomic E-state index is -2.46. The van der Waals surface area contributed by atoms with E-state index in [1.807, 2.05) is 0 Å². The zero-order valence-electron chi connectivity index (χ0n) is 49.8. The Bertz CT molecular complexity index is 3390. The topological polar surface area (TPSA) is 397 Å². The number of phenols is 2. The SMILES string of the molecule is CCC(C)(CC(C)(C)C(=O)C(=O)ON1C(=O)CCC1=O)C(=O)NCC(=O)N1CC1(C(=O)NC(CC(C)C)C(=O)NCC(=O)NC1CC(OC2CC(O)(C(=O)CO)Cc3c(O)c4c(c(O)c32)C(=O)c2c(OC)cccc2C4=O)OC(C)C1O)c1ccccc1. The second-order valence-corrected chi connectivity index (χ2v) is 24.2. The van der Waals surface area contributed by atoms with E-state index in [1.54, 1.807) is 51.1 Å². The van der Waals surface area contributed by atoms with Gasteiger partial charge in [-0.05, 0) is 43.7 Å². The number of hydrogen-bond acceptors (Lipinski definition) is 21. The summed E-state index contributed by atoms with van der Waals surface area (Å²) in [6.45, 7) is 8.35. The van der Waals surface area contributed by atoms with Crippen LogP contribution in [0.4, 0.5) is 0 Å². The molecule has 5 aliphatic rings. The van der Waals surface area contributed by atoms with E-state index < -0.39 is 184 Å². The Balaban J connectivity index is 0.921. The molecule has 3 heterocycles. The molecule has 0 aromatic heterocycles. The van der Waals surface area contributed by atoms with Gasteiger partial charge in [-0.25, -0.2) is 4.79 Å². The number of nitrogens with zero attached hydrogens (tertiary/aromatic N) is 2. The molecule has 0 saturated carbocycles. The van der Waals surface area contributed by atoms with Gasteiger partial charge in [-0.2, -0.15) is 0 Å². The molecule has 3 fully saturated rings. The number of ether oxygens (including phenoxy) is 3. The number of rotatable bonds is 23. The number of hydroxylamine groups is 2. The summed E-state index contributed by atoms with van der Waals surface area (Å²) in [6, 6.07) is 9.92. The van der Waals surface area contributed by atoms with Gasteiger partial charge in [-0.3, -0.25) is 52.7 Å². The van der Waals surface area contributed by atoms with Gasteiger partial charge in [0.25, 0.3) is 17.7 Å². The average molecular weight is 1230 g/mol. The highest BCUT2D eigenvalue weighted by Crippen LogP contribution is 2.53. The van der Waals surface area contributed by atoms with E-state index in [2.05, 4.69) is 21.3 Å². The third-order valence-corrected chi connectivity index (χ3v) is 17.1. The lowest BCUT2D eigenvalue weighted by molar-refractivity contribution is -0.249. The van der Waals surface area contributed by atoms with Gasteiger partial charge >= 0.3 is 5.97 Å². The first-order valence-corrected chi connectivity index (χ1v) is 28.8. The summed E-state index contributed by atoms with van der Waals surface area (Å²) < 4.78 is 17.6. The Morgan fingerprint density at radius 1 is 0.864 bits per heavy atom. The van der Waals surface area contributed by atoms with Crippen LogP contribution in [0.15, 0.2) is 48.5 Å². The van der Waals surface area contributed by atoms with E-state index >= 15 is 0 Å². The average Bonchev–Trinajstić information content (AvgIpc) is 2.02. The highest BCUT2D eigenvalue weighted by Gasteiger charge is 2.62. The van der Waals surface area contributed by atoms with Crippen molar-refractivity contribution < 1.29 is 102 Å². The van der Waals surface area contributed by atoms with Gasteiger partial charge in [0, 0.05) is 59.6 Å². The summed E-state index contributed by atoms with van der Waals surface area (Å²) in [5.41, 5.74) is -8.83. The number of phenolic OH excluding ortho intramolecular Hbond substituents is 2. The molecule has 3 saturated heterocycles. The van der Waals surface area contributed by atoms with Crippen LogP contribution in [0.5, 0.6) is 17.2 Å². The first-order chi connectivity index (χ1) is 41.4. The fraction of sp³-hybridized carbons (Fsp3) is 0.508. The Morgan fingerprint density at radius 2 is 1.52 bits per heavy atom. The van der Waals surface area contributed by atoms with Gasteiger partial charge in [-0.15, -0.1) is 5.06 Å². The number of ketones is 4. The number of aliphatic hydroxyl groups excluding tert-OH is 2. The Morgan fingerprint density at radius 3 is 2.15 bits per heavy atom. The second kappa shape index (κ2) is 25.3. The molecule has 27 nitrogen and oxygen atoms in total. The molecule has 0 radical (unpaired) electrons. The van der Waals surface area contributed by atoms with Crippen LogP contribution in [0.2, 0.25) is 0 Å². The second-order valence-electron chi connectivity index (χ2n) is 24.2. The molecule has 3 aromatic carbocycles. The fourth-order valence-electron chi connectivity index (χ4n) is 12.1. The van der Waals surface area contributed by atoms with Crippen molar-refractivity contribution in [1.29, 1.82) is 0 Å². The van der Waals surface area contributed by atoms with E-state index in [4.69, 9.17) is 19.0 Å². The highest BCUT2D eigenvalue weighted by molar-refractivity contribution is 6.36. The van der Waals surface area contributed by atoms with E-state index in [0.717, 1.165) is 0 Å². The molecule has 9 atom stereocenters. The molecule has 8 rings (SSSR count). The fourth-order valence-corrected chi connectivity index (χ4v) is 12.1. The van der Waals surface area contributed by atoms with E-state index in [0.29, 0.717) is 5.56 Å². The minimum absolute atomic E-state index is 0.000661. The van der Waals surface area contributed by atoms with Gasteiger partial charge in [-0.1, -0.05) is 84.0 Å². The summed E-state index contributed by atoms with van der Waals surface area (Å²) in [7, 11) is 1.27. The molecular formula is C61H72N6O21. The predicted molar refractivity (Wildman–Crippen MR) is 302 cm³/mol.